The molecule has 0 spiro atoms. The largest absolute Gasteiger partial charge is 0.444 e. The van der Waals surface area contributed by atoms with Gasteiger partial charge in [0.05, 0.1) is 11.5 Å². The van der Waals surface area contributed by atoms with Gasteiger partial charge in [0.15, 0.2) is 0 Å². The lowest BCUT2D eigenvalue weighted by Crippen LogP contribution is -2.37. The van der Waals surface area contributed by atoms with E-state index in [0.717, 1.165) is 0 Å². The van der Waals surface area contributed by atoms with Crippen LogP contribution in [0.4, 0.5) is 10.5 Å². The van der Waals surface area contributed by atoms with Crippen molar-refractivity contribution in [1.82, 2.24) is 4.90 Å². The van der Waals surface area contributed by atoms with Gasteiger partial charge in [0.2, 0.25) is 0 Å². The molecule has 0 aliphatic rings. The van der Waals surface area contributed by atoms with Crippen molar-refractivity contribution in [3.05, 3.63) is 39.9 Å². The molecule has 1 amide bonds. The van der Waals surface area contributed by atoms with Crippen molar-refractivity contribution in [2.45, 2.75) is 32.9 Å². The van der Waals surface area contributed by atoms with Gasteiger partial charge in [-0.25, -0.2) is 4.79 Å². The molecule has 0 aliphatic carbocycles. The fourth-order valence-electron chi connectivity index (χ4n) is 1.61. The summed E-state index contributed by atoms with van der Waals surface area (Å²) in [4.78, 5) is 34.1. The molecule has 7 heteroatoms. The van der Waals surface area contributed by atoms with E-state index in [-0.39, 0.29) is 18.8 Å². The lowest BCUT2D eigenvalue weighted by atomic mass is 10.2. The SMILES string of the molecule is CC(C)(C)OC(=O)N(CC=O)Cc1cccc([N+](=O)[O-])c1. The van der Waals surface area contributed by atoms with E-state index in [1.165, 1.54) is 23.1 Å². The number of benzene rings is 1. The van der Waals surface area contributed by atoms with E-state index in [9.17, 15) is 19.7 Å². The standard InChI is InChI=1S/C14H18N2O5/c1-14(2,3)21-13(18)15(7-8-17)10-11-5-4-6-12(9-11)16(19)20/h4-6,8-9H,7,10H2,1-3H3. The van der Waals surface area contributed by atoms with Gasteiger partial charge in [-0.3, -0.25) is 15.0 Å². The van der Waals surface area contributed by atoms with E-state index in [1.54, 1.807) is 26.8 Å². The first kappa shape index (κ1) is 16.6. The first-order valence-corrected chi connectivity index (χ1v) is 6.38. The molecule has 1 aromatic carbocycles. The lowest BCUT2D eigenvalue weighted by Gasteiger charge is -2.26. The number of carbonyl (C=O) groups is 2. The van der Waals surface area contributed by atoms with Crippen molar-refractivity contribution < 1.29 is 19.2 Å². The Morgan fingerprint density at radius 2 is 2.10 bits per heavy atom. The Labute approximate surface area is 122 Å². The smallest absolute Gasteiger partial charge is 0.410 e. The van der Waals surface area contributed by atoms with Gasteiger partial charge in [-0.2, -0.15) is 0 Å². The number of amides is 1. The quantitative estimate of drug-likeness (QED) is 0.473. The van der Waals surface area contributed by atoms with Crippen molar-refractivity contribution in [3.63, 3.8) is 0 Å². The molecule has 0 saturated carbocycles. The average molecular weight is 294 g/mol. The molecule has 0 N–H and O–H groups in total. The number of carbonyl (C=O) groups excluding carboxylic acids is 2. The number of nitro groups is 1. The average Bonchev–Trinajstić information content (AvgIpc) is 2.36. The highest BCUT2D eigenvalue weighted by Crippen LogP contribution is 2.16. The van der Waals surface area contributed by atoms with Crippen molar-refractivity contribution in [3.8, 4) is 0 Å². The molecule has 0 saturated heterocycles. The topological polar surface area (TPSA) is 89.8 Å². The molecule has 0 aromatic heterocycles. The highest BCUT2D eigenvalue weighted by Gasteiger charge is 2.22. The Kier molecular flexibility index (Phi) is 5.40. The van der Waals surface area contributed by atoms with E-state index in [2.05, 4.69) is 0 Å². The van der Waals surface area contributed by atoms with Gasteiger partial charge in [-0.1, -0.05) is 12.1 Å². The Morgan fingerprint density at radius 1 is 1.43 bits per heavy atom. The van der Waals surface area contributed by atoms with E-state index in [1.807, 2.05) is 0 Å². The number of aldehydes is 1. The van der Waals surface area contributed by atoms with Crippen LogP contribution in [0.1, 0.15) is 26.3 Å². The third-order valence-corrected chi connectivity index (χ3v) is 2.44. The van der Waals surface area contributed by atoms with Crippen LogP contribution in [0.15, 0.2) is 24.3 Å². The van der Waals surface area contributed by atoms with E-state index in [4.69, 9.17) is 4.74 Å². The molecular weight excluding hydrogens is 276 g/mol. The summed E-state index contributed by atoms with van der Waals surface area (Å²) in [5, 5.41) is 10.7. The van der Waals surface area contributed by atoms with Gasteiger partial charge in [0.1, 0.15) is 11.9 Å². The third-order valence-electron chi connectivity index (χ3n) is 2.44. The van der Waals surface area contributed by atoms with Crippen molar-refractivity contribution in [1.29, 1.82) is 0 Å². The fourth-order valence-corrected chi connectivity index (χ4v) is 1.61. The molecule has 0 radical (unpaired) electrons. The first-order chi connectivity index (χ1) is 9.73. The van der Waals surface area contributed by atoms with Gasteiger partial charge < -0.3 is 9.53 Å². The number of nitrogens with zero attached hydrogens (tertiary/aromatic N) is 2. The van der Waals surface area contributed by atoms with Crippen LogP contribution in [0.5, 0.6) is 0 Å². The summed E-state index contributed by atoms with van der Waals surface area (Å²) in [5.41, 5.74) is -0.194. The third kappa shape index (κ3) is 5.60. The normalized spacial score (nSPS) is 10.8. The van der Waals surface area contributed by atoms with Crippen molar-refractivity contribution in [2.75, 3.05) is 6.54 Å². The minimum atomic E-state index is -0.680. The van der Waals surface area contributed by atoms with Gasteiger partial charge in [-0.15, -0.1) is 0 Å². The highest BCUT2D eigenvalue weighted by atomic mass is 16.6. The molecule has 0 atom stereocenters. The minimum Gasteiger partial charge on any atom is -0.444 e. The molecule has 114 valence electrons. The van der Waals surface area contributed by atoms with E-state index in [0.29, 0.717) is 11.8 Å². The lowest BCUT2D eigenvalue weighted by molar-refractivity contribution is -0.384. The number of nitro benzene ring substituents is 1. The zero-order chi connectivity index (χ0) is 16.0. The summed E-state index contributed by atoms with van der Waals surface area (Å²) in [6.07, 6.45) is -0.0533. The molecule has 1 aromatic rings. The van der Waals surface area contributed by atoms with Crippen LogP contribution in [0.3, 0.4) is 0 Å². The molecule has 1 rings (SSSR count). The molecule has 7 nitrogen and oxygen atoms in total. The van der Waals surface area contributed by atoms with Crippen molar-refractivity contribution in [2.24, 2.45) is 0 Å². The van der Waals surface area contributed by atoms with E-state index >= 15 is 0 Å². The number of non-ortho nitro benzene ring substituents is 1. The fraction of sp³-hybridized carbons (Fsp3) is 0.429. The Hall–Kier alpha value is -2.44. The maximum Gasteiger partial charge on any atom is 0.410 e. The molecule has 21 heavy (non-hydrogen) atoms. The number of rotatable bonds is 5. The Morgan fingerprint density at radius 3 is 2.62 bits per heavy atom. The summed E-state index contributed by atoms with van der Waals surface area (Å²) >= 11 is 0. The summed E-state index contributed by atoms with van der Waals surface area (Å²) in [5.74, 6) is 0. The molecule has 0 bridgehead atoms. The molecule has 0 heterocycles. The van der Waals surface area contributed by atoms with Gasteiger partial charge in [0, 0.05) is 18.7 Å². The second-order valence-corrected chi connectivity index (χ2v) is 5.45. The maximum absolute atomic E-state index is 12.0. The Balaban J connectivity index is 2.87. The first-order valence-electron chi connectivity index (χ1n) is 6.38. The molecular formula is C14H18N2O5. The van der Waals surface area contributed by atoms with Crippen LogP contribution in [0.25, 0.3) is 0 Å². The van der Waals surface area contributed by atoms with Crippen LogP contribution >= 0.6 is 0 Å². The maximum atomic E-state index is 12.0. The second kappa shape index (κ2) is 6.83. The highest BCUT2D eigenvalue weighted by molar-refractivity contribution is 5.71. The predicted molar refractivity (Wildman–Crippen MR) is 75.8 cm³/mol. The van der Waals surface area contributed by atoms with Crippen LogP contribution in [0.2, 0.25) is 0 Å². The van der Waals surface area contributed by atoms with Crippen LogP contribution in [0, 0.1) is 10.1 Å². The van der Waals surface area contributed by atoms with Crippen LogP contribution in [-0.4, -0.2) is 34.3 Å². The monoisotopic (exact) mass is 294 g/mol. The van der Waals surface area contributed by atoms with Gasteiger partial charge in [-0.05, 0) is 26.3 Å². The van der Waals surface area contributed by atoms with Gasteiger partial charge >= 0.3 is 6.09 Å². The van der Waals surface area contributed by atoms with Gasteiger partial charge in [0.25, 0.3) is 5.69 Å². The predicted octanol–water partition coefficient (Wildman–Crippen LogP) is 2.53. The number of hydrogen-bond donors (Lipinski definition) is 0. The Bertz CT molecular complexity index is 536. The number of hydrogen-bond acceptors (Lipinski definition) is 5. The second-order valence-electron chi connectivity index (χ2n) is 5.45. The van der Waals surface area contributed by atoms with Crippen LogP contribution < -0.4 is 0 Å². The molecule has 0 fully saturated rings. The summed E-state index contributed by atoms with van der Waals surface area (Å²) in [6, 6.07) is 5.90. The summed E-state index contributed by atoms with van der Waals surface area (Å²) < 4.78 is 5.20. The van der Waals surface area contributed by atoms with Crippen molar-refractivity contribution >= 4 is 18.1 Å². The molecule has 0 aliphatic heterocycles. The van der Waals surface area contributed by atoms with Crippen LogP contribution in [-0.2, 0) is 16.1 Å². The summed E-state index contributed by atoms with van der Waals surface area (Å²) in [7, 11) is 0. The minimum absolute atomic E-state index is 0.0648. The molecule has 0 unspecified atom stereocenters. The van der Waals surface area contributed by atoms with E-state index < -0.39 is 16.6 Å². The zero-order valence-electron chi connectivity index (χ0n) is 12.2. The number of ether oxygens (including phenoxy) is 1. The summed E-state index contributed by atoms with van der Waals surface area (Å²) in [6.45, 7) is 5.08. The zero-order valence-corrected chi connectivity index (χ0v) is 12.2.